The van der Waals surface area contributed by atoms with Crippen molar-refractivity contribution < 1.29 is 8.42 Å². The van der Waals surface area contributed by atoms with Crippen molar-refractivity contribution in [1.29, 1.82) is 0 Å². The molecule has 0 N–H and O–H groups in total. The molecule has 0 saturated carbocycles. The van der Waals surface area contributed by atoms with Gasteiger partial charge in [0.15, 0.2) is 0 Å². The van der Waals surface area contributed by atoms with Gasteiger partial charge in [-0.1, -0.05) is 20.3 Å². The van der Waals surface area contributed by atoms with Crippen molar-refractivity contribution in [2.45, 2.75) is 45.6 Å². The van der Waals surface area contributed by atoms with E-state index in [0.29, 0.717) is 17.3 Å². The number of aryl methyl sites for hydroxylation is 1. The summed E-state index contributed by atoms with van der Waals surface area (Å²) < 4.78 is 24.4. The van der Waals surface area contributed by atoms with Crippen LogP contribution in [0.25, 0.3) is 0 Å². The Hall–Kier alpha value is -0.550. The average molecular weight is 265 g/mol. The van der Waals surface area contributed by atoms with E-state index in [-0.39, 0.29) is 4.90 Å². The van der Waals surface area contributed by atoms with Crippen LogP contribution in [0, 0.1) is 19.8 Å². The van der Waals surface area contributed by atoms with Gasteiger partial charge in [0.1, 0.15) is 4.90 Å². The van der Waals surface area contributed by atoms with Crippen molar-refractivity contribution in [3.63, 3.8) is 0 Å². The minimum absolute atomic E-state index is 0.150. The lowest BCUT2D eigenvalue weighted by molar-refractivity contribution is 0.430. The van der Waals surface area contributed by atoms with Crippen LogP contribution >= 0.6 is 10.7 Å². The lowest BCUT2D eigenvalue weighted by Crippen LogP contribution is -2.10. The van der Waals surface area contributed by atoms with Crippen molar-refractivity contribution in [3.05, 3.63) is 11.4 Å². The second-order valence-corrected chi connectivity index (χ2v) is 6.64. The van der Waals surface area contributed by atoms with Crippen LogP contribution in [0.5, 0.6) is 0 Å². The molecule has 0 radical (unpaired) electrons. The number of rotatable bonds is 4. The maximum Gasteiger partial charge on any atom is 0.264 e. The Morgan fingerprint density at radius 3 is 2.38 bits per heavy atom. The molecule has 0 fully saturated rings. The Labute approximate surface area is 101 Å². The molecule has 1 aromatic heterocycles. The summed E-state index contributed by atoms with van der Waals surface area (Å²) in [7, 11) is 1.67. The van der Waals surface area contributed by atoms with E-state index in [0.717, 1.165) is 13.0 Å². The molecule has 0 aliphatic heterocycles. The van der Waals surface area contributed by atoms with Gasteiger partial charge in [-0.15, -0.1) is 0 Å². The molecule has 0 spiro atoms. The van der Waals surface area contributed by atoms with Gasteiger partial charge in [-0.25, -0.2) is 8.42 Å². The van der Waals surface area contributed by atoms with Crippen molar-refractivity contribution in [1.82, 2.24) is 9.78 Å². The van der Waals surface area contributed by atoms with E-state index >= 15 is 0 Å². The Balaban J connectivity index is 3.17. The van der Waals surface area contributed by atoms with E-state index in [9.17, 15) is 8.42 Å². The van der Waals surface area contributed by atoms with E-state index in [4.69, 9.17) is 10.7 Å². The third kappa shape index (κ3) is 2.77. The number of nitrogens with zero attached hydrogens (tertiary/aromatic N) is 2. The van der Waals surface area contributed by atoms with Crippen molar-refractivity contribution in [3.8, 4) is 0 Å². The highest BCUT2D eigenvalue weighted by Crippen LogP contribution is 2.23. The second-order valence-electron chi connectivity index (χ2n) is 4.13. The Morgan fingerprint density at radius 1 is 1.44 bits per heavy atom. The maximum absolute atomic E-state index is 11.4. The fourth-order valence-electron chi connectivity index (χ4n) is 1.64. The fourth-order valence-corrected chi connectivity index (χ4v) is 3.16. The minimum atomic E-state index is -3.70. The zero-order valence-corrected chi connectivity index (χ0v) is 11.6. The van der Waals surface area contributed by atoms with Crippen LogP contribution in [-0.4, -0.2) is 18.2 Å². The molecule has 0 aliphatic carbocycles. The largest absolute Gasteiger partial charge is 0.268 e. The van der Waals surface area contributed by atoms with E-state index < -0.39 is 9.05 Å². The van der Waals surface area contributed by atoms with Gasteiger partial charge < -0.3 is 0 Å². The molecule has 4 nitrogen and oxygen atoms in total. The summed E-state index contributed by atoms with van der Waals surface area (Å²) in [6.07, 6.45) is 1.03. The quantitative estimate of drug-likeness (QED) is 0.785. The van der Waals surface area contributed by atoms with E-state index in [1.165, 1.54) is 0 Å². The highest BCUT2D eigenvalue weighted by Gasteiger charge is 2.22. The molecule has 6 heteroatoms. The standard InChI is InChI=1S/C10H17ClN2O2S/c1-5-7(2)6-13-9(4)10(8(3)12-13)16(11,14)15/h7H,5-6H2,1-4H3. The smallest absolute Gasteiger partial charge is 0.264 e. The zero-order valence-electron chi connectivity index (χ0n) is 9.99. The summed E-state index contributed by atoms with van der Waals surface area (Å²) in [5.74, 6) is 0.462. The third-order valence-corrected chi connectivity index (χ3v) is 4.28. The molecular weight excluding hydrogens is 248 g/mol. The van der Waals surface area contributed by atoms with E-state index in [1.807, 2.05) is 0 Å². The SMILES string of the molecule is CCC(C)Cn1nc(C)c(S(=O)(=O)Cl)c1C. The lowest BCUT2D eigenvalue weighted by atomic mass is 10.1. The first-order valence-corrected chi connectivity index (χ1v) is 7.57. The van der Waals surface area contributed by atoms with Crippen molar-refractivity contribution >= 4 is 19.7 Å². The molecule has 92 valence electrons. The topological polar surface area (TPSA) is 52.0 Å². The molecule has 16 heavy (non-hydrogen) atoms. The summed E-state index contributed by atoms with van der Waals surface area (Å²) in [5.41, 5.74) is 1.09. The molecule has 0 saturated heterocycles. The first kappa shape index (κ1) is 13.5. The summed E-state index contributed by atoms with van der Waals surface area (Å²) in [5, 5.41) is 4.22. The van der Waals surface area contributed by atoms with Gasteiger partial charge in [-0.2, -0.15) is 5.10 Å². The Morgan fingerprint density at radius 2 is 2.00 bits per heavy atom. The summed E-state index contributed by atoms with van der Waals surface area (Å²) in [6.45, 7) is 8.31. The van der Waals surface area contributed by atoms with Gasteiger partial charge in [-0.3, -0.25) is 4.68 Å². The van der Waals surface area contributed by atoms with Crippen LogP contribution in [-0.2, 0) is 15.6 Å². The van der Waals surface area contributed by atoms with Gasteiger partial charge in [0, 0.05) is 17.2 Å². The van der Waals surface area contributed by atoms with Gasteiger partial charge >= 0.3 is 0 Å². The minimum Gasteiger partial charge on any atom is -0.268 e. The van der Waals surface area contributed by atoms with Crippen LogP contribution in [0.3, 0.4) is 0 Å². The molecule has 1 atom stereocenters. The number of hydrogen-bond donors (Lipinski definition) is 0. The molecule has 1 aromatic rings. The number of halogens is 1. The normalized spacial score (nSPS) is 14.1. The maximum atomic E-state index is 11.4. The number of hydrogen-bond acceptors (Lipinski definition) is 3. The van der Waals surface area contributed by atoms with E-state index in [1.54, 1.807) is 18.5 Å². The molecule has 0 bridgehead atoms. The molecule has 1 rings (SSSR count). The van der Waals surface area contributed by atoms with Crippen LogP contribution in [0.1, 0.15) is 31.7 Å². The fraction of sp³-hybridized carbons (Fsp3) is 0.700. The second kappa shape index (κ2) is 4.75. The molecule has 0 aliphatic rings. The zero-order chi connectivity index (χ0) is 12.5. The van der Waals surface area contributed by atoms with Crippen LogP contribution < -0.4 is 0 Å². The Bertz CT molecular complexity index is 479. The third-order valence-electron chi connectivity index (χ3n) is 2.74. The lowest BCUT2D eigenvalue weighted by Gasteiger charge is -2.10. The van der Waals surface area contributed by atoms with Gasteiger partial charge in [0.05, 0.1) is 11.4 Å². The van der Waals surface area contributed by atoms with Crippen molar-refractivity contribution in [2.24, 2.45) is 5.92 Å². The van der Waals surface area contributed by atoms with Crippen molar-refractivity contribution in [2.75, 3.05) is 0 Å². The Kier molecular flexibility index (Phi) is 4.02. The van der Waals surface area contributed by atoms with Crippen LogP contribution in [0.4, 0.5) is 0 Å². The van der Waals surface area contributed by atoms with Gasteiger partial charge in [0.25, 0.3) is 9.05 Å². The highest BCUT2D eigenvalue weighted by atomic mass is 35.7. The van der Waals surface area contributed by atoms with Gasteiger partial charge in [-0.05, 0) is 19.8 Å². The average Bonchev–Trinajstić information content (AvgIpc) is 2.40. The summed E-state index contributed by atoms with van der Waals surface area (Å²) >= 11 is 0. The van der Waals surface area contributed by atoms with E-state index in [2.05, 4.69) is 18.9 Å². The van der Waals surface area contributed by atoms with Crippen LogP contribution in [0.2, 0.25) is 0 Å². The molecule has 1 heterocycles. The highest BCUT2D eigenvalue weighted by molar-refractivity contribution is 8.13. The monoisotopic (exact) mass is 264 g/mol. The molecule has 1 unspecified atom stereocenters. The molecular formula is C10H17ClN2O2S. The first-order chi connectivity index (χ1) is 7.27. The predicted molar refractivity (Wildman–Crippen MR) is 64.2 cm³/mol. The first-order valence-electron chi connectivity index (χ1n) is 5.26. The number of aromatic nitrogens is 2. The van der Waals surface area contributed by atoms with Crippen LogP contribution in [0.15, 0.2) is 4.90 Å². The predicted octanol–water partition coefficient (Wildman–Crippen LogP) is 2.47. The summed E-state index contributed by atoms with van der Waals surface area (Å²) in [6, 6.07) is 0. The van der Waals surface area contributed by atoms with Gasteiger partial charge in [0.2, 0.25) is 0 Å². The molecule has 0 amide bonds. The molecule has 0 aromatic carbocycles. The summed E-state index contributed by atoms with van der Waals surface area (Å²) in [4.78, 5) is 0.150.